The van der Waals surface area contributed by atoms with E-state index in [-0.39, 0.29) is 23.8 Å². The van der Waals surface area contributed by atoms with Gasteiger partial charge in [0.15, 0.2) is 5.82 Å². The largest absolute Gasteiger partial charge is 0.444 e. The third kappa shape index (κ3) is 9.23. The number of rotatable bonds is 7. The van der Waals surface area contributed by atoms with Gasteiger partial charge < -0.3 is 30.0 Å². The Hall–Kier alpha value is -2.78. The van der Waals surface area contributed by atoms with Crippen molar-refractivity contribution in [1.29, 1.82) is 0 Å². The molecule has 0 aliphatic heterocycles. The molecule has 3 amide bonds. The second-order valence-electron chi connectivity index (χ2n) is 10.9. The van der Waals surface area contributed by atoms with Gasteiger partial charge >= 0.3 is 12.2 Å². The molecule has 1 saturated carbocycles. The summed E-state index contributed by atoms with van der Waals surface area (Å²) in [7, 11) is 1.78. The molecule has 1 unspecified atom stereocenters. The smallest absolute Gasteiger partial charge is 0.407 e. The van der Waals surface area contributed by atoms with Crippen molar-refractivity contribution in [2.45, 2.75) is 84.5 Å². The molecule has 0 bridgehead atoms. The summed E-state index contributed by atoms with van der Waals surface area (Å²) in [6.07, 6.45) is 5.97. The molecule has 10 nitrogen and oxygen atoms in total. The molecule has 1 fully saturated rings. The number of nitrogens with zero attached hydrogens (tertiary/aromatic N) is 2. The van der Waals surface area contributed by atoms with Gasteiger partial charge in [-0.05, 0) is 66.2 Å². The lowest BCUT2D eigenvalue weighted by Crippen LogP contribution is -2.50. The van der Waals surface area contributed by atoms with E-state index in [9.17, 15) is 14.4 Å². The standard InChI is InChI=1S/C24H41N5O5/c1-23(2,3)33-21(31)26-14-16(15-27-22(32)34-24(4,5)6)17-10-8-9-11-18(17)28-20(30)19-25-12-13-29(19)7/h12-13,16-18H,8-11,14-15H2,1-7H3,(H,26,31)(H,27,32)(H,28,30)/t17?,18-/m0/s1. The number of alkyl carbamates (subject to hydrolysis) is 2. The number of nitrogens with one attached hydrogen (secondary N) is 3. The van der Waals surface area contributed by atoms with Crippen molar-refractivity contribution >= 4 is 18.1 Å². The summed E-state index contributed by atoms with van der Waals surface area (Å²) in [5.74, 6) is 0.0258. The van der Waals surface area contributed by atoms with Crippen LogP contribution in [0.3, 0.4) is 0 Å². The number of aryl methyl sites for hydroxylation is 1. The normalized spacial score (nSPS) is 18.8. The van der Waals surface area contributed by atoms with E-state index in [1.54, 1.807) is 65.6 Å². The molecule has 192 valence electrons. The molecule has 1 aromatic heterocycles. The van der Waals surface area contributed by atoms with Crippen LogP contribution in [0.25, 0.3) is 0 Å². The second-order valence-corrected chi connectivity index (χ2v) is 10.9. The number of amides is 3. The van der Waals surface area contributed by atoms with Crippen LogP contribution in [0.5, 0.6) is 0 Å². The fourth-order valence-corrected chi connectivity index (χ4v) is 4.15. The predicted molar refractivity (Wildman–Crippen MR) is 128 cm³/mol. The quantitative estimate of drug-likeness (QED) is 0.551. The van der Waals surface area contributed by atoms with Gasteiger partial charge in [-0.2, -0.15) is 0 Å². The minimum absolute atomic E-state index is 0.0443. The first-order valence-corrected chi connectivity index (χ1v) is 12.0. The van der Waals surface area contributed by atoms with E-state index in [1.807, 2.05) is 0 Å². The maximum absolute atomic E-state index is 12.8. The summed E-state index contributed by atoms with van der Waals surface area (Å²) < 4.78 is 12.4. The van der Waals surface area contributed by atoms with Crippen molar-refractivity contribution < 1.29 is 23.9 Å². The highest BCUT2D eigenvalue weighted by molar-refractivity contribution is 5.91. The lowest BCUT2D eigenvalue weighted by atomic mass is 9.76. The molecular weight excluding hydrogens is 438 g/mol. The number of hydrogen-bond acceptors (Lipinski definition) is 6. The number of carbonyl (C=O) groups is 3. The molecule has 0 saturated heterocycles. The van der Waals surface area contributed by atoms with Crippen LogP contribution < -0.4 is 16.0 Å². The SMILES string of the molecule is Cn1ccnc1C(=O)N[C@H]1CCCCC1C(CNC(=O)OC(C)(C)C)CNC(=O)OC(C)(C)C. The summed E-state index contributed by atoms with van der Waals surface area (Å²) in [5.41, 5.74) is -1.23. The molecule has 1 heterocycles. The zero-order chi connectivity index (χ0) is 25.5. The summed E-state index contributed by atoms with van der Waals surface area (Å²) in [6.45, 7) is 11.4. The fraction of sp³-hybridized carbons (Fsp3) is 0.750. The number of ether oxygens (including phenoxy) is 2. The number of imidazole rings is 1. The molecule has 2 rings (SSSR count). The van der Waals surface area contributed by atoms with Crippen LogP contribution in [-0.4, -0.2) is 58.0 Å². The van der Waals surface area contributed by atoms with E-state index < -0.39 is 23.4 Å². The van der Waals surface area contributed by atoms with Crippen LogP contribution in [0.15, 0.2) is 12.4 Å². The van der Waals surface area contributed by atoms with Crippen LogP contribution in [0.1, 0.15) is 77.8 Å². The highest BCUT2D eigenvalue weighted by atomic mass is 16.6. The van der Waals surface area contributed by atoms with Crippen LogP contribution in [0, 0.1) is 11.8 Å². The van der Waals surface area contributed by atoms with E-state index in [0.29, 0.717) is 18.9 Å². The third-order valence-electron chi connectivity index (χ3n) is 5.58. The van der Waals surface area contributed by atoms with E-state index >= 15 is 0 Å². The molecule has 2 atom stereocenters. The highest BCUT2D eigenvalue weighted by Crippen LogP contribution is 2.31. The lowest BCUT2D eigenvalue weighted by Gasteiger charge is -2.38. The monoisotopic (exact) mass is 479 g/mol. The Morgan fingerprint density at radius 3 is 2.00 bits per heavy atom. The molecule has 3 N–H and O–H groups in total. The Bertz CT molecular complexity index is 808. The molecular formula is C24H41N5O5. The van der Waals surface area contributed by atoms with Gasteiger partial charge in [-0.15, -0.1) is 0 Å². The Balaban J connectivity index is 2.12. The van der Waals surface area contributed by atoms with Crippen LogP contribution in [-0.2, 0) is 16.5 Å². The first-order valence-electron chi connectivity index (χ1n) is 12.0. The Morgan fingerprint density at radius 1 is 1.00 bits per heavy atom. The number of carbonyl (C=O) groups excluding carboxylic acids is 3. The first-order chi connectivity index (χ1) is 15.7. The summed E-state index contributed by atoms with van der Waals surface area (Å²) in [5, 5.41) is 8.81. The van der Waals surface area contributed by atoms with E-state index in [4.69, 9.17) is 9.47 Å². The fourth-order valence-electron chi connectivity index (χ4n) is 4.15. The molecule has 0 spiro atoms. The average molecular weight is 480 g/mol. The molecule has 10 heteroatoms. The summed E-state index contributed by atoms with van der Waals surface area (Å²) >= 11 is 0. The molecule has 1 aromatic rings. The Kier molecular flexibility index (Phi) is 9.35. The van der Waals surface area contributed by atoms with Gasteiger partial charge in [0.05, 0.1) is 0 Å². The topological polar surface area (TPSA) is 124 Å². The average Bonchev–Trinajstić information content (AvgIpc) is 3.12. The van der Waals surface area contributed by atoms with Gasteiger partial charge in [0.1, 0.15) is 11.2 Å². The van der Waals surface area contributed by atoms with Crippen molar-refractivity contribution in [2.24, 2.45) is 18.9 Å². The zero-order valence-electron chi connectivity index (χ0n) is 21.6. The summed E-state index contributed by atoms with van der Waals surface area (Å²) in [6, 6.07) is -0.108. The summed E-state index contributed by atoms with van der Waals surface area (Å²) in [4.78, 5) is 41.6. The molecule has 34 heavy (non-hydrogen) atoms. The molecule has 0 radical (unpaired) electrons. The first kappa shape index (κ1) is 27.5. The van der Waals surface area contributed by atoms with Crippen LogP contribution in [0.2, 0.25) is 0 Å². The highest BCUT2D eigenvalue weighted by Gasteiger charge is 2.34. The van der Waals surface area contributed by atoms with Gasteiger partial charge in [0.2, 0.25) is 0 Å². The third-order valence-corrected chi connectivity index (χ3v) is 5.58. The van der Waals surface area contributed by atoms with Gasteiger partial charge in [-0.3, -0.25) is 4.79 Å². The minimum atomic E-state index is -0.613. The number of aromatic nitrogens is 2. The van der Waals surface area contributed by atoms with Crippen molar-refractivity contribution in [2.75, 3.05) is 13.1 Å². The predicted octanol–water partition coefficient (Wildman–Crippen LogP) is 3.37. The van der Waals surface area contributed by atoms with Crippen molar-refractivity contribution in [1.82, 2.24) is 25.5 Å². The lowest BCUT2D eigenvalue weighted by molar-refractivity contribution is 0.0477. The van der Waals surface area contributed by atoms with Gasteiger partial charge in [-0.1, -0.05) is 12.8 Å². The molecule has 1 aliphatic rings. The van der Waals surface area contributed by atoms with Gasteiger partial charge in [0.25, 0.3) is 5.91 Å². The zero-order valence-corrected chi connectivity index (χ0v) is 21.6. The van der Waals surface area contributed by atoms with Gasteiger partial charge in [-0.25, -0.2) is 14.6 Å². The maximum atomic E-state index is 12.8. The van der Waals surface area contributed by atoms with Crippen molar-refractivity contribution in [3.05, 3.63) is 18.2 Å². The van der Waals surface area contributed by atoms with Crippen LogP contribution in [0.4, 0.5) is 9.59 Å². The van der Waals surface area contributed by atoms with E-state index in [2.05, 4.69) is 20.9 Å². The maximum Gasteiger partial charge on any atom is 0.407 e. The van der Waals surface area contributed by atoms with Gasteiger partial charge in [0, 0.05) is 38.6 Å². The molecule has 1 aliphatic carbocycles. The Labute approximate surface area is 202 Å². The Morgan fingerprint density at radius 2 is 1.53 bits per heavy atom. The van der Waals surface area contributed by atoms with Crippen molar-refractivity contribution in [3.8, 4) is 0 Å². The minimum Gasteiger partial charge on any atom is -0.444 e. The van der Waals surface area contributed by atoms with Crippen LogP contribution >= 0.6 is 0 Å². The second kappa shape index (κ2) is 11.6. The van der Waals surface area contributed by atoms with E-state index in [0.717, 1.165) is 25.7 Å². The van der Waals surface area contributed by atoms with Crippen molar-refractivity contribution in [3.63, 3.8) is 0 Å². The molecule has 0 aromatic carbocycles. The van der Waals surface area contributed by atoms with E-state index in [1.165, 1.54) is 0 Å². The number of hydrogen-bond donors (Lipinski definition) is 3.